The second-order valence-corrected chi connectivity index (χ2v) is 6.07. The maximum absolute atomic E-state index is 11.9. The van der Waals surface area contributed by atoms with Crippen molar-refractivity contribution < 1.29 is 9.59 Å². The lowest BCUT2D eigenvalue weighted by Crippen LogP contribution is -2.31. The third-order valence-electron chi connectivity index (χ3n) is 2.75. The van der Waals surface area contributed by atoms with Crippen LogP contribution in [0, 0.1) is 3.57 Å². The zero-order chi connectivity index (χ0) is 13.8. The van der Waals surface area contributed by atoms with Crippen LogP contribution < -0.4 is 10.6 Å². The molecular weight excluding hydrogens is 379 g/mol. The van der Waals surface area contributed by atoms with Crippen molar-refractivity contribution in [3.63, 3.8) is 0 Å². The Morgan fingerprint density at radius 2 is 2.11 bits per heavy atom. The standard InChI is InChI=1S/C13H14ClIN2O2/c14-8-1-4-11(15)10(7-8)13(19)16-6-5-12(18)17-9-2-3-9/h1,4,7,9H,2-3,5-6H2,(H,16,19)(H,17,18). The monoisotopic (exact) mass is 392 g/mol. The molecule has 102 valence electrons. The molecule has 2 amide bonds. The second-order valence-electron chi connectivity index (χ2n) is 4.47. The van der Waals surface area contributed by atoms with E-state index in [1.807, 2.05) is 0 Å². The van der Waals surface area contributed by atoms with Gasteiger partial charge in [-0.25, -0.2) is 0 Å². The minimum atomic E-state index is -0.203. The zero-order valence-electron chi connectivity index (χ0n) is 10.2. The van der Waals surface area contributed by atoms with Crippen molar-refractivity contribution in [1.29, 1.82) is 0 Å². The van der Waals surface area contributed by atoms with Crippen LogP contribution in [0.25, 0.3) is 0 Å². The van der Waals surface area contributed by atoms with E-state index in [0.717, 1.165) is 16.4 Å². The molecule has 0 bridgehead atoms. The lowest BCUT2D eigenvalue weighted by atomic mass is 10.2. The van der Waals surface area contributed by atoms with Crippen LogP contribution >= 0.6 is 34.2 Å². The smallest absolute Gasteiger partial charge is 0.252 e. The molecule has 2 rings (SSSR count). The molecule has 0 atom stereocenters. The summed E-state index contributed by atoms with van der Waals surface area (Å²) >= 11 is 7.95. The number of carbonyl (C=O) groups excluding carboxylic acids is 2. The molecule has 1 saturated carbocycles. The fourth-order valence-electron chi connectivity index (χ4n) is 1.58. The molecule has 0 spiro atoms. The highest BCUT2D eigenvalue weighted by molar-refractivity contribution is 14.1. The fourth-order valence-corrected chi connectivity index (χ4v) is 2.34. The minimum Gasteiger partial charge on any atom is -0.353 e. The molecule has 1 aromatic rings. The van der Waals surface area contributed by atoms with E-state index in [-0.39, 0.29) is 11.8 Å². The molecule has 1 aliphatic carbocycles. The Morgan fingerprint density at radius 3 is 2.79 bits per heavy atom. The highest BCUT2D eigenvalue weighted by Gasteiger charge is 2.22. The Bertz CT molecular complexity index is 503. The van der Waals surface area contributed by atoms with E-state index < -0.39 is 0 Å². The van der Waals surface area contributed by atoms with Crippen LogP contribution in [0.4, 0.5) is 0 Å². The van der Waals surface area contributed by atoms with E-state index in [1.165, 1.54) is 0 Å². The van der Waals surface area contributed by atoms with Gasteiger partial charge in [-0.3, -0.25) is 9.59 Å². The van der Waals surface area contributed by atoms with Gasteiger partial charge in [-0.2, -0.15) is 0 Å². The summed E-state index contributed by atoms with van der Waals surface area (Å²) in [5.74, 6) is -0.213. The van der Waals surface area contributed by atoms with Crippen molar-refractivity contribution in [2.24, 2.45) is 0 Å². The van der Waals surface area contributed by atoms with Crippen LogP contribution in [-0.2, 0) is 4.79 Å². The summed E-state index contributed by atoms with van der Waals surface area (Å²) in [5, 5.41) is 6.13. The minimum absolute atomic E-state index is 0.0106. The van der Waals surface area contributed by atoms with Gasteiger partial charge in [0.1, 0.15) is 0 Å². The Hall–Kier alpha value is -0.820. The van der Waals surface area contributed by atoms with Gasteiger partial charge < -0.3 is 10.6 Å². The second kappa shape index (κ2) is 6.56. The van der Waals surface area contributed by atoms with Gasteiger partial charge in [0.15, 0.2) is 0 Å². The van der Waals surface area contributed by atoms with E-state index in [0.29, 0.717) is 29.6 Å². The van der Waals surface area contributed by atoms with E-state index in [2.05, 4.69) is 33.2 Å². The molecule has 1 aromatic carbocycles. The summed E-state index contributed by atoms with van der Waals surface area (Å²) in [4.78, 5) is 23.4. The molecule has 0 unspecified atom stereocenters. The van der Waals surface area contributed by atoms with Crippen molar-refractivity contribution in [3.8, 4) is 0 Å². The van der Waals surface area contributed by atoms with E-state index >= 15 is 0 Å². The van der Waals surface area contributed by atoms with Crippen LogP contribution in [0.2, 0.25) is 5.02 Å². The lowest BCUT2D eigenvalue weighted by molar-refractivity contribution is -0.121. The fraction of sp³-hybridized carbons (Fsp3) is 0.385. The normalized spacial score (nSPS) is 14.0. The first-order valence-electron chi connectivity index (χ1n) is 6.09. The van der Waals surface area contributed by atoms with Gasteiger partial charge in [0.05, 0.1) is 5.56 Å². The average Bonchev–Trinajstić information content (AvgIpc) is 3.16. The molecule has 1 aliphatic rings. The SMILES string of the molecule is O=C(CCNC(=O)c1cc(Cl)ccc1I)NC1CC1. The topological polar surface area (TPSA) is 58.2 Å². The highest BCUT2D eigenvalue weighted by Crippen LogP contribution is 2.19. The highest BCUT2D eigenvalue weighted by atomic mass is 127. The van der Waals surface area contributed by atoms with Gasteiger partial charge in [0.2, 0.25) is 5.91 Å². The first-order valence-corrected chi connectivity index (χ1v) is 7.54. The van der Waals surface area contributed by atoms with Crippen molar-refractivity contribution in [2.75, 3.05) is 6.54 Å². The largest absolute Gasteiger partial charge is 0.353 e. The predicted octanol–water partition coefficient (Wildman–Crippen LogP) is 2.34. The number of hydrogen-bond acceptors (Lipinski definition) is 2. The molecule has 0 aromatic heterocycles. The number of halogens is 2. The van der Waals surface area contributed by atoms with Crippen LogP contribution in [0.15, 0.2) is 18.2 Å². The van der Waals surface area contributed by atoms with Gasteiger partial charge in [-0.15, -0.1) is 0 Å². The van der Waals surface area contributed by atoms with E-state index in [9.17, 15) is 9.59 Å². The van der Waals surface area contributed by atoms with Crippen molar-refractivity contribution in [3.05, 3.63) is 32.4 Å². The number of benzene rings is 1. The summed E-state index contributed by atoms with van der Waals surface area (Å²) in [6.45, 7) is 0.333. The van der Waals surface area contributed by atoms with Crippen LogP contribution in [0.5, 0.6) is 0 Å². The lowest BCUT2D eigenvalue weighted by Gasteiger charge is -2.07. The van der Waals surface area contributed by atoms with Gasteiger partial charge >= 0.3 is 0 Å². The third kappa shape index (κ3) is 4.65. The van der Waals surface area contributed by atoms with Crippen LogP contribution in [0.3, 0.4) is 0 Å². The van der Waals surface area contributed by atoms with Gasteiger partial charge in [-0.1, -0.05) is 11.6 Å². The summed E-state index contributed by atoms with van der Waals surface area (Å²) in [6.07, 6.45) is 2.44. The Balaban J connectivity index is 1.80. The maximum Gasteiger partial charge on any atom is 0.252 e. The summed E-state index contributed by atoms with van der Waals surface area (Å²) in [6, 6.07) is 5.51. The van der Waals surface area contributed by atoms with Crippen molar-refractivity contribution in [2.45, 2.75) is 25.3 Å². The third-order valence-corrected chi connectivity index (χ3v) is 3.93. The zero-order valence-corrected chi connectivity index (χ0v) is 13.1. The summed E-state index contributed by atoms with van der Waals surface area (Å²) in [7, 11) is 0. The van der Waals surface area contributed by atoms with Gasteiger partial charge in [0, 0.05) is 27.6 Å². The van der Waals surface area contributed by atoms with Crippen molar-refractivity contribution in [1.82, 2.24) is 10.6 Å². The Labute approximate surface area is 130 Å². The number of hydrogen-bond donors (Lipinski definition) is 2. The number of amides is 2. The van der Waals surface area contributed by atoms with Crippen molar-refractivity contribution >= 4 is 46.0 Å². The number of carbonyl (C=O) groups is 2. The predicted molar refractivity (Wildman–Crippen MR) is 82.3 cm³/mol. The van der Waals surface area contributed by atoms with Gasteiger partial charge in [0.25, 0.3) is 5.91 Å². The molecule has 0 radical (unpaired) electrons. The first-order chi connectivity index (χ1) is 9.06. The first kappa shape index (κ1) is 14.6. The molecular formula is C13H14ClIN2O2. The summed E-state index contributed by atoms with van der Waals surface area (Å²) < 4.78 is 0.835. The molecule has 1 fully saturated rings. The quantitative estimate of drug-likeness (QED) is 0.756. The molecule has 6 heteroatoms. The number of nitrogens with one attached hydrogen (secondary N) is 2. The Morgan fingerprint density at radius 1 is 1.37 bits per heavy atom. The average molecular weight is 393 g/mol. The van der Waals surface area contributed by atoms with Crippen LogP contribution in [-0.4, -0.2) is 24.4 Å². The van der Waals surface area contributed by atoms with Gasteiger partial charge in [-0.05, 0) is 53.6 Å². The Kier molecular flexibility index (Phi) is 5.04. The maximum atomic E-state index is 11.9. The molecule has 19 heavy (non-hydrogen) atoms. The molecule has 0 saturated heterocycles. The molecule has 0 aliphatic heterocycles. The molecule has 2 N–H and O–H groups in total. The molecule has 0 heterocycles. The van der Waals surface area contributed by atoms with E-state index in [4.69, 9.17) is 11.6 Å². The van der Waals surface area contributed by atoms with E-state index in [1.54, 1.807) is 18.2 Å². The summed E-state index contributed by atoms with van der Waals surface area (Å²) in [5.41, 5.74) is 0.538. The number of rotatable bonds is 5. The van der Waals surface area contributed by atoms with Crippen LogP contribution in [0.1, 0.15) is 29.6 Å². The molecule has 4 nitrogen and oxygen atoms in total.